The van der Waals surface area contributed by atoms with Crippen molar-refractivity contribution in [3.63, 3.8) is 0 Å². The fourth-order valence-electron chi connectivity index (χ4n) is 3.46. The lowest BCUT2D eigenvalue weighted by Gasteiger charge is -2.26. The van der Waals surface area contributed by atoms with Gasteiger partial charge in [0.25, 0.3) is 0 Å². The van der Waals surface area contributed by atoms with Crippen LogP contribution in [-0.2, 0) is 0 Å². The zero-order valence-electron chi connectivity index (χ0n) is 13.2. The molecule has 20 heavy (non-hydrogen) atoms. The molecule has 1 heterocycles. The Hall–Kier alpha value is -0.830. The Bertz CT molecular complexity index is 347. The quantitative estimate of drug-likeness (QED) is 0.681. The molecule has 1 aromatic heterocycles. The maximum atomic E-state index is 4.19. The molecule has 0 aliphatic heterocycles. The van der Waals surface area contributed by atoms with E-state index >= 15 is 0 Å². The average molecular weight is 277 g/mol. The Kier molecular flexibility index (Phi) is 6.58. The molecule has 0 spiro atoms. The van der Waals surface area contributed by atoms with Gasteiger partial charge in [-0.05, 0) is 32.6 Å². The van der Waals surface area contributed by atoms with Crippen molar-refractivity contribution < 1.29 is 0 Å². The molecule has 0 bridgehead atoms. The van der Waals surface area contributed by atoms with Crippen molar-refractivity contribution in [3.8, 4) is 0 Å². The predicted molar refractivity (Wildman–Crippen MR) is 84.9 cm³/mol. The molecule has 0 amide bonds. The van der Waals surface area contributed by atoms with E-state index in [4.69, 9.17) is 0 Å². The Morgan fingerprint density at radius 2 is 2.10 bits per heavy atom. The van der Waals surface area contributed by atoms with Gasteiger partial charge in [0.2, 0.25) is 0 Å². The molecule has 0 saturated heterocycles. The molecule has 1 aromatic rings. The van der Waals surface area contributed by atoms with Crippen LogP contribution in [0.25, 0.3) is 0 Å². The monoisotopic (exact) mass is 277 g/mol. The summed E-state index contributed by atoms with van der Waals surface area (Å²) in [5.41, 5.74) is 0. The number of rotatable bonds is 9. The highest BCUT2D eigenvalue weighted by Gasteiger charge is 2.28. The lowest BCUT2D eigenvalue weighted by atomic mass is 10.1. The fraction of sp³-hybridized carbons (Fsp3) is 0.824. The molecule has 1 N–H and O–H groups in total. The van der Waals surface area contributed by atoms with Crippen LogP contribution in [0.15, 0.2) is 18.7 Å². The van der Waals surface area contributed by atoms with E-state index in [9.17, 15) is 0 Å². The zero-order chi connectivity index (χ0) is 14.2. The van der Waals surface area contributed by atoms with Crippen LogP contribution < -0.4 is 5.32 Å². The van der Waals surface area contributed by atoms with Gasteiger partial charge >= 0.3 is 0 Å². The molecule has 1 aliphatic rings. The number of nitrogens with zero attached hydrogens (tertiary/aromatic N) is 2. The van der Waals surface area contributed by atoms with Crippen LogP contribution in [0.2, 0.25) is 0 Å². The number of hydrogen-bond donors (Lipinski definition) is 1. The smallest absolute Gasteiger partial charge is 0.0949 e. The van der Waals surface area contributed by atoms with E-state index in [0.717, 1.165) is 0 Å². The second kappa shape index (κ2) is 8.46. The number of imidazole rings is 1. The van der Waals surface area contributed by atoms with E-state index in [2.05, 4.69) is 34.9 Å². The number of unbranched alkanes of at least 4 members (excludes halogenated alkanes) is 4. The number of aromatic nitrogens is 2. The van der Waals surface area contributed by atoms with Crippen molar-refractivity contribution in [2.45, 2.75) is 89.8 Å². The minimum atomic E-state index is 0.611. The van der Waals surface area contributed by atoms with Crippen LogP contribution in [0.3, 0.4) is 0 Å². The first-order chi connectivity index (χ1) is 9.81. The molecule has 3 heteroatoms. The van der Waals surface area contributed by atoms with E-state index in [1.54, 1.807) is 0 Å². The summed E-state index contributed by atoms with van der Waals surface area (Å²) < 4.78 is 2.29. The summed E-state index contributed by atoms with van der Waals surface area (Å²) in [6.45, 7) is 4.63. The second-order valence-electron chi connectivity index (χ2n) is 6.39. The highest BCUT2D eigenvalue weighted by Crippen LogP contribution is 2.30. The van der Waals surface area contributed by atoms with Crippen molar-refractivity contribution in [1.29, 1.82) is 0 Å². The first-order valence-electron chi connectivity index (χ1n) is 8.54. The molecule has 3 unspecified atom stereocenters. The van der Waals surface area contributed by atoms with E-state index in [0.29, 0.717) is 18.1 Å². The maximum Gasteiger partial charge on any atom is 0.0949 e. The summed E-state index contributed by atoms with van der Waals surface area (Å²) in [6, 6.07) is 1.89. The van der Waals surface area contributed by atoms with Crippen LogP contribution in [-0.4, -0.2) is 21.6 Å². The minimum absolute atomic E-state index is 0.611. The van der Waals surface area contributed by atoms with E-state index in [1.165, 1.54) is 57.8 Å². The average Bonchev–Trinajstić information content (AvgIpc) is 3.08. The topological polar surface area (TPSA) is 29.9 Å². The molecule has 2 rings (SSSR count). The highest BCUT2D eigenvalue weighted by molar-refractivity contribution is 4.92. The van der Waals surface area contributed by atoms with Gasteiger partial charge in [0.1, 0.15) is 0 Å². The molecule has 1 saturated carbocycles. The summed E-state index contributed by atoms with van der Waals surface area (Å²) in [5, 5.41) is 3.86. The Morgan fingerprint density at radius 3 is 2.85 bits per heavy atom. The van der Waals surface area contributed by atoms with Gasteiger partial charge in [-0.25, -0.2) is 4.98 Å². The van der Waals surface area contributed by atoms with Gasteiger partial charge < -0.3 is 9.88 Å². The SMILES string of the molecule is CCCCCCCC(C)NC1CCCC1n1ccnc1. The van der Waals surface area contributed by atoms with Crippen LogP contribution in [0.5, 0.6) is 0 Å². The lowest BCUT2D eigenvalue weighted by molar-refractivity contribution is 0.345. The third kappa shape index (κ3) is 4.62. The predicted octanol–water partition coefficient (Wildman–Crippen LogP) is 4.32. The summed E-state index contributed by atoms with van der Waals surface area (Å²) in [4.78, 5) is 4.19. The first-order valence-corrected chi connectivity index (χ1v) is 8.54. The van der Waals surface area contributed by atoms with Gasteiger partial charge in [0.15, 0.2) is 0 Å². The van der Waals surface area contributed by atoms with Crippen molar-refractivity contribution >= 4 is 0 Å². The molecule has 0 radical (unpaired) electrons. The molecular weight excluding hydrogens is 246 g/mol. The third-order valence-corrected chi connectivity index (χ3v) is 4.63. The summed E-state index contributed by atoms with van der Waals surface area (Å²) in [7, 11) is 0. The molecule has 3 atom stereocenters. The Morgan fingerprint density at radius 1 is 1.25 bits per heavy atom. The third-order valence-electron chi connectivity index (χ3n) is 4.63. The van der Waals surface area contributed by atoms with Crippen LogP contribution >= 0.6 is 0 Å². The zero-order valence-corrected chi connectivity index (χ0v) is 13.2. The maximum absolute atomic E-state index is 4.19. The fourth-order valence-corrected chi connectivity index (χ4v) is 3.46. The van der Waals surface area contributed by atoms with Crippen molar-refractivity contribution in [2.75, 3.05) is 0 Å². The van der Waals surface area contributed by atoms with Crippen molar-refractivity contribution in [1.82, 2.24) is 14.9 Å². The van der Waals surface area contributed by atoms with Gasteiger partial charge in [-0.2, -0.15) is 0 Å². The molecule has 3 nitrogen and oxygen atoms in total. The van der Waals surface area contributed by atoms with Gasteiger partial charge in [0.05, 0.1) is 6.33 Å². The summed E-state index contributed by atoms with van der Waals surface area (Å²) in [5.74, 6) is 0. The first kappa shape index (κ1) is 15.6. The standard InChI is InChI=1S/C17H31N3/c1-3-4-5-6-7-9-15(2)19-16-10-8-11-17(16)20-13-12-18-14-20/h12-17,19H,3-11H2,1-2H3. The van der Waals surface area contributed by atoms with E-state index in [1.807, 2.05) is 12.5 Å². The van der Waals surface area contributed by atoms with Crippen molar-refractivity contribution in [3.05, 3.63) is 18.7 Å². The highest BCUT2D eigenvalue weighted by atomic mass is 15.1. The molecule has 1 fully saturated rings. The van der Waals surface area contributed by atoms with Crippen LogP contribution in [0.4, 0.5) is 0 Å². The molecule has 114 valence electrons. The Balaban J connectivity index is 1.69. The minimum Gasteiger partial charge on any atom is -0.333 e. The van der Waals surface area contributed by atoms with Gasteiger partial charge in [-0.3, -0.25) is 0 Å². The second-order valence-corrected chi connectivity index (χ2v) is 6.39. The largest absolute Gasteiger partial charge is 0.333 e. The summed E-state index contributed by atoms with van der Waals surface area (Å²) >= 11 is 0. The molecule has 1 aliphatic carbocycles. The number of hydrogen-bond acceptors (Lipinski definition) is 2. The normalized spacial score (nSPS) is 24.1. The van der Waals surface area contributed by atoms with E-state index < -0.39 is 0 Å². The van der Waals surface area contributed by atoms with Gasteiger partial charge in [-0.15, -0.1) is 0 Å². The van der Waals surface area contributed by atoms with Crippen LogP contribution in [0, 0.1) is 0 Å². The van der Waals surface area contributed by atoms with E-state index in [-0.39, 0.29) is 0 Å². The Labute approximate surface area is 124 Å². The van der Waals surface area contributed by atoms with Gasteiger partial charge in [0, 0.05) is 30.5 Å². The summed E-state index contributed by atoms with van der Waals surface area (Å²) in [6.07, 6.45) is 18.1. The van der Waals surface area contributed by atoms with Crippen molar-refractivity contribution in [2.24, 2.45) is 0 Å². The van der Waals surface area contributed by atoms with Crippen LogP contribution in [0.1, 0.15) is 77.7 Å². The molecular formula is C17H31N3. The van der Waals surface area contributed by atoms with Gasteiger partial charge in [-0.1, -0.05) is 39.0 Å². The number of nitrogens with one attached hydrogen (secondary N) is 1. The molecule has 0 aromatic carbocycles. The lowest BCUT2D eigenvalue weighted by Crippen LogP contribution is -2.39.